The van der Waals surface area contributed by atoms with Gasteiger partial charge in [-0.1, -0.05) is 29.8 Å². The highest BCUT2D eigenvalue weighted by atomic mass is 35.5. The Balaban J connectivity index is 1.43. The molecule has 30 heavy (non-hydrogen) atoms. The number of carbonyl (C=O) groups is 1. The molecule has 8 heteroatoms. The number of rotatable bonds is 6. The Morgan fingerprint density at radius 3 is 2.67 bits per heavy atom. The van der Waals surface area contributed by atoms with Crippen LogP contribution in [0, 0.1) is 0 Å². The van der Waals surface area contributed by atoms with E-state index in [0.29, 0.717) is 36.4 Å². The van der Waals surface area contributed by atoms with Crippen LogP contribution in [0.1, 0.15) is 31.7 Å². The van der Waals surface area contributed by atoms with E-state index in [1.54, 1.807) is 0 Å². The van der Waals surface area contributed by atoms with Crippen LogP contribution in [0.5, 0.6) is 0 Å². The molecule has 2 heterocycles. The zero-order valence-corrected chi connectivity index (χ0v) is 18.5. The number of amides is 1. The van der Waals surface area contributed by atoms with E-state index in [1.165, 1.54) is 33.8 Å². The zero-order valence-electron chi connectivity index (χ0n) is 17.0. The number of hydrogen-bond acceptors (Lipinski definition) is 4. The maximum Gasteiger partial charge on any atom is 0.243 e. The second-order valence-corrected chi connectivity index (χ2v) is 10.3. The average Bonchev–Trinajstić information content (AvgIpc) is 3.36. The Kier molecular flexibility index (Phi) is 6.04. The van der Waals surface area contributed by atoms with Gasteiger partial charge in [0, 0.05) is 37.8 Å². The van der Waals surface area contributed by atoms with E-state index in [-0.39, 0.29) is 17.2 Å². The van der Waals surface area contributed by atoms with Crippen LogP contribution in [-0.4, -0.2) is 44.3 Å². The summed E-state index contributed by atoms with van der Waals surface area (Å²) in [5.74, 6) is -0.191. The van der Waals surface area contributed by atoms with Gasteiger partial charge in [-0.2, -0.15) is 4.31 Å². The predicted octanol–water partition coefficient (Wildman–Crippen LogP) is 3.90. The molecule has 0 spiro atoms. The van der Waals surface area contributed by atoms with Crippen LogP contribution in [-0.2, 0) is 21.2 Å². The molecule has 4 rings (SSSR count). The van der Waals surface area contributed by atoms with Gasteiger partial charge in [-0.05, 0) is 56.0 Å². The lowest BCUT2D eigenvalue weighted by atomic mass is 10.1. The van der Waals surface area contributed by atoms with Crippen molar-refractivity contribution < 1.29 is 13.2 Å². The van der Waals surface area contributed by atoms with Crippen LogP contribution < -0.4 is 10.2 Å². The smallest absolute Gasteiger partial charge is 0.243 e. The summed E-state index contributed by atoms with van der Waals surface area (Å²) in [6.45, 7) is 3.80. The number of anilines is 2. The highest BCUT2D eigenvalue weighted by Crippen LogP contribution is 2.32. The van der Waals surface area contributed by atoms with Gasteiger partial charge in [-0.15, -0.1) is 0 Å². The topological polar surface area (TPSA) is 69.7 Å². The van der Waals surface area contributed by atoms with Gasteiger partial charge in [0.05, 0.1) is 15.6 Å². The maximum atomic E-state index is 12.8. The number of nitrogens with one attached hydrogen (secondary N) is 1. The molecular weight excluding hydrogens is 422 g/mol. The number of benzene rings is 2. The average molecular weight is 448 g/mol. The molecule has 6 nitrogen and oxygen atoms in total. The first-order valence-electron chi connectivity index (χ1n) is 10.3. The Bertz CT molecular complexity index is 1050. The van der Waals surface area contributed by atoms with Crippen LogP contribution in [0.3, 0.4) is 0 Å². The van der Waals surface area contributed by atoms with Gasteiger partial charge in [0.1, 0.15) is 0 Å². The molecule has 1 N–H and O–H groups in total. The fourth-order valence-electron chi connectivity index (χ4n) is 4.24. The van der Waals surface area contributed by atoms with Gasteiger partial charge in [0.15, 0.2) is 0 Å². The standard InChI is InChI=1S/C22H26ClN3O3S/c1-16-14-17-6-2-3-7-21(17)26(16)13-10-22(27)24-20-15-18(8-9-19(20)23)30(28,29)25-11-4-5-12-25/h2-3,6-9,15-16H,4-5,10-14H2,1H3,(H,24,27). The molecule has 0 aliphatic carbocycles. The van der Waals surface area contributed by atoms with E-state index in [2.05, 4.69) is 29.3 Å². The van der Waals surface area contributed by atoms with E-state index in [4.69, 9.17) is 11.6 Å². The van der Waals surface area contributed by atoms with E-state index in [9.17, 15) is 13.2 Å². The number of fused-ring (bicyclic) bond motifs is 1. The molecule has 1 unspecified atom stereocenters. The number of carbonyl (C=O) groups excluding carboxylic acids is 1. The summed E-state index contributed by atoms with van der Waals surface area (Å²) in [5.41, 5.74) is 2.81. The first kappa shape index (κ1) is 21.2. The number of halogens is 1. The van der Waals surface area contributed by atoms with Crippen molar-refractivity contribution in [2.75, 3.05) is 29.9 Å². The highest BCUT2D eigenvalue weighted by molar-refractivity contribution is 7.89. The van der Waals surface area contributed by atoms with Crippen molar-refractivity contribution in [2.45, 2.75) is 43.5 Å². The van der Waals surface area contributed by atoms with Crippen molar-refractivity contribution in [3.05, 3.63) is 53.1 Å². The van der Waals surface area contributed by atoms with E-state index in [1.807, 2.05) is 12.1 Å². The molecule has 160 valence electrons. The molecular formula is C22H26ClN3O3S. The maximum absolute atomic E-state index is 12.8. The highest BCUT2D eigenvalue weighted by Gasteiger charge is 2.28. The number of nitrogens with zero attached hydrogens (tertiary/aromatic N) is 2. The van der Waals surface area contributed by atoms with Gasteiger partial charge in [0.25, 0.3) is 0 Å². The lowest BCUT2D eigenvalue weighted by Gasteiger charge is -2.24. The Morgan fingerprint density at radius 1 is 1.17 bits per heavy atom. The largest absolute Gasteiger partial charge is 0.368 e. The molecule has 2 aromatic rings. The normalized spacial score (nSPS) is 19.1. The first-order chi connectivity index (χ1) is 14.4. The third kappa shape index (κ3) is 4.19. The van der Waals surface area contributed by atoms with Gasteiger partial charge >= 0.3 is 0 Å². The van der Waals surface area contributed by atoms with Gasteiger partial charge < -0.3 is 10.2 Å². The lowest BCUT2D eigenvalue weighted by molar-refractivity contribution is -0.116. The summed E-state index contributed by atoms with van der Waals surface area (Å²) < 4.78 is 27.1. The molecule has 1 atom stereocenters. The van der Waals surface area contributed by atoms with Crippen molar-refractivity contribution in [1.82, 2.24) is 4.31 Å². The summed E-state index contributed by atoms with van der Waals surface area (Å²) in [7, 11) is -3.56. The SMILES string of the molecule is CC1Cc2ccccc2N1CCC(=O)Nc1cc(S(=O)(=O)N2CCCC2)ccc1Cl. The van der Waals surface area contributed by atoms with Crippen molar-refractivity contribution in [3.63, 3.8) is 0 Å². The quantitative estimate of drug-likeness (QED) is 0.729. The summed E-state index contributed by atoms with van der Waals surface area (Å²) >= 11 is 6.23. The molecule has 1 fully saturated rings. The van der Waals surface area contributed by atoms with E-state index < -0.39 is 10.0 Å². The minimum absolute atomic E-state index is 0.159. The van der Waals surface area contributed by atoms with Crippen molar-refractivity contribution >= 4 is 38.9 Å². The fraction of sp³-hybridized carbons (Fsp3) is 0.409. The number of hydrogen-bond donors (Lipinski definition) is 1. The second kappa shape index (κ2) is 8.57. The summed E-state index contributed by atoms with van der Waals surface area (Å²) in [4.78, 5) is 15.0. The van der Waals surface area contributed by atoms with E-state index >= 15 is 0 Å². The van der Waals surface area contributed by atoms with Gasteiger partial charge in [-0.3, -0.25) is 4.79 Å². The number of sulfonamides is 1. The van der Waals surface area contributed by atoms with Crippen LogP contribution in [0.15, 0.2) is 47.4 Å². The molecule has 2 aromatic carbocycles. The Labute approximate surface area is 182 Å². The Morgan fingerprint density at radius 2 is 1.90 bits per heavy atom. The minimum Gasteiger partial charge on any atom is -0.368 e. The molecule has 2 aliphatic heterocycles. The van der Waals surface area contributed by atoms with Crippen molar-refractivity contribution in [3.8, 4) is 0 Å². The Hall–Kier alpha value is -2.09. The summed E-state index contributed by atoms with van der Waals surface area (Å²) in [6, 6.07) is 13.1. The van der Waals surface area contributed by atoms with E-state index in [0.717, 1.165) is 19.3 Å². The molecule has 1 amide bonds. The summed E-state index contributed by atoms with van der Waals surface area (Å²) in [5, 5.41) is 3.12. The summed E-state index contributed by atoms with van der Waals surface area (Å²) in [6.07, 6.45) is 3.00. The molecule has 0 radical (unpaired) electrons. The fourth-order valence-corrected chi connectivity index (χ4v) is 5.95. The zero-order chi connectivity index (χ0) is 21.3. The van der Waals surface area contributed by atoms with Gasteiger partial charge in [-0.25, -0.2) is 8.42 Å². The molecule has 2 aliphatic rings. The third-order valence-corrected chi connectivity index (χ3v) is 8.07. The molecule has 0 saturated carbocycles. The predicted molar refractivity (Wildman–Crippen MR) is 120 cm³/mol. The van der Waals surface area contributed by atoms with Crippen LogP contribution in [0.2, 0.25) is 5.02 Å². The number of para-hydroxylation sites is 1. The van der Waals surface area contributed by atoms with Crippen molar-refractivity contribution in [2.24, 2.45) is 0 Å². The van der Waals surface area contributed by atoms with Crippen LogP contribution in [0.25, 0.3) is 0 Å². The first-order valence-corrected chi connectivity index (χ1v) is 12.1. The molecule has 1 saturated heterocycles. The van der Waals surface area contributed by atoms with Crippen LogP contribution >= 0.6 is 11.6 Å². The molecule has 0 aromatic heterocycles. The second-order valence-electron chi connectivity index (χ2n) is 7.93. The van der Waals surface area contributed by atoms with Gasteiger partial charge in [0.2, 0.25) is 15.9 Å². The lowest BCUT2D eigenvalue weighted by Crippen LogP contribution is -2.32. The van der Waals surface area contributed by atoms with Crippen LogP contribution in [0.4, 0.5) is 11.4 Å². The van der Waals surface area contributed by atoms with Crippen molar-refractivity contribution in [1.29, 1.82) is 0 Å². The molecule has 0 bridgehead atoms. The third-order valence-electron chi connectivity index (χ3n) is 5.84. The monoisotopic (exact) mass is 447 g/mol. The minimum atomic E-state index is -3.56.